The van der Waals surface area contributed by atoms with Gasteiger partial charge in [0.1, 0.15) is 10.8 Å². The second-order valence-electron chi connectivity index (χ2n) is 4.77. The third-order valence-corrected chi connectivity index (χ3v) is 4.21. The van der Waals surface area contributed by atoms with E-state index in [9.17, 15) is 10.1 Å². The Hall–Kier alpha value is -2.73. The van der Waals surface area contributed by atoms with Crippen molar-refractivity contribution in [2.24, 2.45) is 0 Å². The standard InChI is InChI=1S/C17H14N2O3S/c1-2-22-15-6-4-3-5-12(15)7-10-17-18-14-9-8-13(19(20)21)11-16(14)23-17/h3-11H,2H2,1H3/b10-7+. The number of nitro groups is 1. The smallest absolute Gasteiger partial charge is 0.270 e. The van der Waals surface area contributed by atoms with Crippen LogP contribution in [0.3, 0.4) is 0 Å². The maximum absolute atomic E-state index is 10.8. The van der Waals surface area contributed by atoms with Crippen LogP contribution in [0, 0.1) is 10.1 Å². The Balaban J connectivity index is 1.91. The van der Waals surface area contributed by atoms with Crippen LogP contribution in [0.2, 0.25) is 0 Å². The molecule has 0 spiro atoms. The molecule has 3 rings (SSSR count). The van der Waals surface area contributed by atoms with E-state index in [4.69, 9.17) is 4.74 Å². The molecule has 0 aliphatic rings. The second kappa shape index (κ2) is 6.58. The fourth-order valence-electron chi connectivity index (χ4n) is 2.18. The summed E-state index contributed by atoms with van der Waals surface area (Å²) in [7, 11) is 0. The summed E-state index contributed by atoms with van der Waals surface area (Å²) in [6.45, 7) is 2.55. The average Bonchev–Trinajstić information content (AvgIpc) is 2.96. The minimum atomic E-state index is -0.396. The summed E-state index contributed by atoms with van der Waals surface area (Å²) in [4.78, 5) is 14.9. The number of hydrogen-bond acceptors (Lipinski definition) is 5. The number of aromatic nitrogens is 1. The first-order valence-electron chi connectivity index (χ1n) is 7.12. The van der Waals surface area contributed by atoms with E-state index in [0.717, 1.165) is 26.5 Å². The van der Waals surface area contributed by atoms with Crippen LogP contribution < -0.4 is 4.74 Å². The first-order valence-corrected chi connectivity index (χ1v) is 7.94. The Kier molecular flexibility index (Phi) is 4.34. The van der Waals surface area contributed by atoms with E-state index >= 15 is 0 Å². The zero-order valence-corrected chi connectivity index (χ0v) is 13.2. The molecule has 116 valence electrons. The van der Waals surface area contributed by atoms with Gasteiger partial charge >= 0.3 is 0 Å². The lowest BCUT2D eigenvalue weighted by Crippen LogP contribution is -1.92. The van der Waals surface area contributed by atoms with Crippen LogP contribution in [0.1, 0.15) is 17.5 Å². The van der Waals surface area contributed by atoms with E-state index in [1.807, 2.05) is 43.3 Å². The number of rotatable bonds is 5. The molecule has 0 aliphatic carbocycles. The van der Waals surface area contributed by atoms with Crippen molar-refractivity contribution in [1.82, 2.24) is 4.98 Å². The molecule has 0 fully saturated rings. The highest BCUT2D eigenvalue weighted by atomic mass is 32.1. The summed E-state index contributed by atoms with van der Waals surface area (Å²) in [6.07, 6.45) is 3.84. The molecule has 1 heterocycles. The van der Waals surface area contributed by atoms with Gasteiger partial charge in [0.25, 0.3) is 5.69 Å². The van der Waals surface area contributed by atoms with Gasteiger partial charge in [-0.25, -0.2) is 4.98 Å². The summed E-state index contributed by atoms with van der Waals surface area (Å²) < 4.78 is 6.39. The Morgan fingerprint density at radius 2 is 2.09 bits per heavy atom. The van der Waals surface area contributed by atoms with Crippen LogP contribution in [-0.4, -0.2) is 16.5 Å². The van der Waals surface area contributed by atoms with Crippen molar-refractivity contribution < 1.29 is 9.66 Å². The minimum Gasteiger partial charge on any atom is -0.493 e. The van der Waals surface area contributed by atoms with Crippen molar-refractivity contribution in [3.8, 4) is 5.75 Å². The van der Waals surface area contributed by atoms with E-state index in [1.165, 1.54) is 17.4 Å². The Bertz CT molecular complexity index is 886. The van der Waals surface area contributed by atoms with Gasteiger partial charge in [0, 0.05) is 17.7 Å². The number of nitro benzene ring substituents is 1. The third kappa shape index (κ3) is 3.37. The van der Waals surface area contributed by atoms with Crippen LogP contribution in [0.4, 0.5) is 5.69 Å². The molecule has 0 radical (unpaired) electrons. The number of hydrogen-bond donors (Lipinski definition) is 0. The fourth-order valence-corrected chi connectivity index (χ4v) is 3.09. The third-order valence-electron chi connectivity index (χ3n) is 3.22. The van der Waals surface area contributed by atoms with Gasteiger partial charge < -0.3 is 4.74 Å². The molecule has 0 saturated carbocycles. The first kappa shape index (κ1) is 15.2. The Labute approximate surface area is 137 Å². The van der Waals surface area contributed by atoms with Gasteiger partial charge in [-0.2, -0.15) is 0 Å². The van der Waals surface area contributed by atoms with Crippen molar-refractivity contribution in [2.75, 3.05) is 6.61 Å². The molecule has 0 N–H and O–H groups in total. The molecular weight excluding hydrogens is 312 g/mol. The molecule has 1 aromatic heterocycles. The Morgan fingerprint density at radius 3 is 2.87 bits per heavy atom. The number of nitrogens with zero attached hydrogens (tertiary/aromatic N) is 2. The second-order valence-corrected chi connectivity index (χ2v) is 5.83. The number of para-hydroxylation sites is 1. The molecule has 0 bridgehead atoms. The number of ether oxygens (including phenoxy) is 1. The number of thiazole rings is 1. The van der Waals surface area contributed by atoms with Crippen LogP contribution in [0.15, 0.2) is 42.5 Å². The molecule has 5 nitrogen and oxygen atoms in total. The maximum atomic E-state index is 10.8. The van der Waals surface area contributed by atoms with E-state index in [0.29, 0.717) is 6.61 Å². The monoisotopic (exact) mass is 326 g/mol. The lowest BCUT2D eigenvalue weighted by atomic mass is 10.2. The topological polar surface area (TPSA) is 65.3 Å². The number of non-ortho nitro benzene ring substituents is 1. The predicted molar refractivity (Wildman–Crippen MR) is 92.8 cm³/mol. The minimum absolute atomic E-state index is 0.0818. The summed E-state index contributed by atoms with van der Waals surface area (Å²) >= 11 is 1.42. The summed E-state index contributed by atoms with van der Waals surface area (Å²) in [5.41, 5.74) is 1.82. The van der Waals surface area contributed by atoms with Crippen LogP contribution in [-0.2, 0) is 0 Å². The largest absolute Gasteiger partial charge is 0.493 e. The zero-order chi connectivity index (χ0) is 16.2. The van der Waals surface area contributed by atoms with Gasteiger partial charge in [-0.3, -0.25) is 10.1 Å². The van der Waals surface area contributed by atoms with Crippen molar-refractivity contribution in [1.29, 1.82) is 0 Å². The van der Waals surface area contributed by atoms with Crippen molar-refractivity contribution in [3.63, 3.8) is 0 Å². The molecule has 23 heavy (non-hydrogen) atoms. The van der Waals surface area contributed by atoms with Crippen LogP contribution >= 0.6 is 11.3 Å². The van der Waals surface area contributed by atoms with Gasteiger partial charge in [0.2, 0.25) is 0 Å². The molecule has 0 aliphatic heterocycles. The van der Waals surface area contributed by atoms with Gasteiger partial charge in [-0.1, -0.05) is 18.2 Å². The molecular formula is C17H14N2O3S. The van der Waals surface area contributed by atoms with Crippen LogP contribution in [0.25, 0.3) is 22.4 Å². The molecule has 6 heteroatoms. The van der Waals surface area contributed by atoms with E-state index in [-0.39, 0.29) is 5.69 Å². The summed E-state index contributed by atoms with van der Waals surface area (Å²) in [6, 6.07) is 12.5. The quantitative estimate of drug-likeness (QED) is 0.500. The van der Waals surface area contributed by atoms with Gasteiger partial charge in [0.05, 0.1) is 21.7 Å². The summed E-state index contributed by atoms with van der Waals surface area (Å²) in [5.74, 6) is 0.822. The van der Waals surface area contributed by atoms with Crippen molar-refractivity contribution in [2.45, 2.75) is 6.92 Å². The highest BCUT2D eigenvalue weighted by Crippen LogP contribution is 2.28. The predicted octanol–water partition coefficient (Wildman–Crippen LogP) is 4.77. The lowest BCUT2D eigenvalue weighted by molar-refractivity contribution is -0.384. The van der Waals surface area contributed by atoms with Crippen LogP contribution in [0.5, 0.6) is 5.75 Å². The highest BCUT2D eigenvalue weighted by Gasteiger charge is 2.09. The average molecular weight is 326 g/mol. The number of fused-ring (bicyclic) bond motifs is 1. The molecule has 3 aromatic rings. The normalized spacial score (nSPS) is 11.2. The highest BCUT2D eigenvalue weighted by molar-refractivity contribution is 7.19. The SMILES string of the molecule is CCOc1ccccc1/C=C/c1nc2ccc([N+](=O)[O-])cc2s1. The number of benzene rings is 2. The van der Waals surface area contributed by atoms with Gasteiger partial charge in [0.15, 0.2) is 0 Å². The fraction of sp³-hybridized carbons (Fsp3) is 0.118. The lowest BCUT2D eigenvalue weighted by Gasteiger charge is -2.05. The molecule has 0 amide bonds. The van der Waals surface area contributed by atoms with E-state index in [1.54, 1.807) is 12.1 Å². The van der Waals surface area contributed by atoms with E-state index in [2.05, 4.69) is 4.98 Å². The van der Waals surface area contributed by atoms with Gasteiger partial charge in [-0.15, -0.1) is 11.3 Å². The Morgan fingerprint density at radius 1 is 1.26 bits per heavy atom. The summed E-state index contributed by atoms with van der Waals surface area (Å²) in [5, 5.41) is 11.6. The zero-order valence-electron chi connectivity index (χ0n) is 12.4. The van der Waals surface area contributed by atoms with Crippen molar-refractivity contribution in [3.05, 3.63) is 63.1 Å². The first-order chi connectivity index (χ1) is 11.2. The maximum Gasteiger partial charge on any atom is 0.270 e. The molecule has 0 atom stereocenters. The van der Waals surface area contributed by atoms with E-state index < -0.39 is 4.92 Å². The molecule has 0 saturated heterocycles. The van der Waals surface area contributed by atoms with Gasteiger partial charge in [-0.05, 0) is 31.2 Å². The molecule has 2 aromatic carbocycles. The van der Waals surface area contributed by atoms with Crippen molar-refractivity contribution >= 4 is 39.4 Å². The molecule has 0 unspecified atom stereocenters.